The number of carbonyl (C=O) groups excluding carboxylic acids is 1. The summed E-state index contributed by atoms with van der Waals surface area (Å²) in [4.78, 5) is 12.3. The van der Waals surface area contributed by atoms with Crippen molar-refractivity contribution in [2.45, 2.75) is 13.8 Å². The number of nitrogen functional groups attached to an aromatic ring is 1. The van der Waals surface area contributed by atoms with Gasteiger partial charge in [-0.05, 0) is 55.3 Å². The van der Waals surface area contributed by atoms with Gasteiger partial charge in [0.1, 0.15) is 5.82 Å². The molecule has 19 heavy (non-hydrogen) atoms. The molecule has 0 fully saturated rings. The van der Waals surface area contributed by atoms with Crippen LogP contribution in [-0.4, -0.2) is 5.78 Å². The fraction of sp³-hybridized carbons (Fsp3) is 0.133. The van der Waals surface area contributed by atoms with E-state index in [-0.39, 0.29) is 11.6 Å². The van der Waals surface area contributed by atoms with E-state index in [4.69, 9.17) is 17.3 Å². The molecule has 0 unspecified atom stereocenters. The van der Waals surface area contributed by atoms with Crippen LogP contribution in [0, 0.1) is 19.7 Å². The highest BCUT2D eigenvalue weighted by Gasteiger charge is 2.13. The lowest BCUT2D eigenvalue weighted by molar-refractivity contribution is 0.103. The normalized spacial score (nSPS) is 10.5. The van der Waals surface area contributed by atoms with Crippen LogP contribution in [0.5, 0.6) is 0 Å². The van der Waals surface area contributed by atoms with E-state index in [0.717, 1.165) is 0 Å². The monoisotopic (exact) mass is 277 g/mol. The van der Waals surface area contributed by atoms with Crippen LogP contribution >= 0.6 is 11.6 Å². The largest absolute Gasteiger partial charge is 0.398 e. The van der Waals surface area contributed by atoms with Crippen molar-refractivity contribution in [3.8, 4) is 0 Å². The quantitative estimate of drug-likeness (QED) is 0.668. The summed E-state index contributed by atoms with van der Waals surface area (Å²) in [5.41, 5.74) is 7.80. The van der Waals surface area contributed by atoms with Gasteiger partial charge in [-0.1, -0.05) is 11.6 Å². The number of rotatable bonds is 2. The first-order valence-electron chi connectivity index (χ1n) is 5.76. The third-order valence-electron chi connectivity index (χ3n) is 2.96. The smallest absolute Gasteiger partial charge is 0.193 e. The van der Waals surface area contributed by atoms with Crippen LogP contribution < -0.4 is 5.73 Å². The number of aryl methyl sites for hydroxylation is 2. The van der Waals surface area contributed by atoms with Crippen molar-refractivity contribution in [3.63, 3.8) is 0 Å². The summed E-state index contributed by atoms with van der Waals surface area (Å²) in [7, 11) is 0. The highest BCUT2D eigenvalue weighted by atomic mass is 35.5. The molecule has 2 nitrogen and oxygen atoms in total. The summed E-state index contributed by atoms with van der Waals surface area (Å²) in [6.07, 6.45) is 0. The zero-order valence-electron chi connectivity index (χ0n) is 10.6. The predicted octanol–water partition coefficient (Wildman–Crippen LogP) is 3.91. The first-order chi connectivity index (χ1) is 8.90. The lowest BCUT2D eigenvalue weighted by atomic mass is 9.99. The van der Waals surface area contributed by atoms with Crippen molar-refractivity contribution in [1.29, 1.82) is 0 Å². The molecule has 98 valence electrons. The molecule has 2 aromatic carbocycles. The standard InChI is InChI=1S/C15H13ClFNO/c1-8-5-11(6-9(2)14(8)17)15(19)10-3-4-13(18)12(16)7-10/h3-7H,18H2,1-2H3. The Hall–Kier alpha value is -1.87. The first-order valence-corrected chi connectivity index (χ1v) is 6.14. The molecule has 2 rings (SSSR count). The summed E-state index contributed by atoms with van der Waals surface area (Å²) in [5, 5.41) is 0.335. The lowest BCUT2D eigenvalue weighted by Gasteiger charge is -2.07. The molecule has 4 heteroatoms. The number of carbonyl (C=O) groups is 1. The zero-order valence-corrected chi connectivity index (χ0v) is 11.4. The number of benzene rings is 2. The van der Waals surface area contributed by atoms with E-state index in [1.807, 2.05) is 0 Å². The Morgan fingerprint density at radius 1 is 1.11 bits per heavy atom. The van der Waals surface area contributed by atoms with E-state index in [9.17, 15) is 9.18 Å². The molecule has 0 aromatic heterocycles. The minimum absolute atomic E-state index is 0.201. The van der Waals surface area contributed by atoms with Crippen LogP contribution in [0.2, 0.25) is 5.02 Å². The van der Waals surface area contributed by atoms with Gasteiger partial charge in [0.2, 0.25) is 0 Å². The molecule has 0 aliphatic rings. The molecule has 0 heterocycles. The van der Waals surface area contributed by atoms with Gasteiger partial charge in [0.25, 0.3) is 0 Å². The number of halogens is 2. The molecule has 0 bridgehead atoms. The molecule has 0 amide bonds. The second-order valence-electron chi connectivity index (χ2n) is 4.49. The Morgan fingerprint density at radius 3 is 2.21 bits per heavy atom. The van der Waals surface area contributed by atoms with Crippen molar-refractivity contribution < 1.29 is 9.18 Å². The molecule has 0 spiro atoms. The average Bonchev–Trinajstić information content (AvgIpc) is 2.37. The third kappa shape index (κ3) is 2.61. The molecule has 0 atom stereocenters. The van der Waals surface area contributed by atoms with Crippen LogP contribution in [0.3, 0.4) is 0 Å². The molecule has 0 saturated carbocycles. The minimum atomic E-state index is -0.285. The van der Waals surface area contributed by atoms with Crippen molar-refractivity contribution in [1.82, 2.24) is 0 Å². The van der Waals surface area contributed by atoms with Crippen molar-refractivity contribution in [2.24, 2.45) is 0 Å². The SMILES string of the molecule is Cc1cc(C(=O)c2ccc(N)c(Cl)c2)cc(C)c1F. The Kier molecular flexibility index (Phi) is 3.58. The summed E-state index contributed by atoms with van der Waals surface area (Å²) in [6.45, 7) is 3.27. The average molecular weight is 278 g/mol. The number of hydrogen-bond donors (Lipinski definition) is 1. The van der Waals surface area contributed by atoms with Crippen molar-refractivity contribution >= 4 is 23.1 Å². The summed E-state index contributed by atoms with van der Waals surface area (Å²) in [5.74, 6) is -0.486. The predicted molar refractivity (Wildman–Crippen MR) is 75.2 cm³/mol. The van der Waals surface area contributed by atoms with Gasteiger partial charge in [-0.2, -0.15) is 0 Å². The van der Waals surface area contributed by atoms with Crippen LogP contribution in [0.15, 0.2) is 30.3 Å². The van der Waals surface area contributed by atoms with E-state index < -0.39 is 0 Å². The van der Waals surface area contributed by atoms with E-state index in [0.29, 0.717) is 33.0 Å². The maximum Gasteiger partial charge on any atom is 0.193 e. The van der Waals surface area contributed by atoms with Gasteiger partial charge in [-0.25, -0.2) is 4.39 Å². The number of nitrogens with two attached hydrogens (primary N) is 1. The maximum absolute atomic E-state index is 13.5. The van der Waals surface area contributed by atoms with Gasteiger partial charge in [0.05, 0.1) is 10.7 Å². The minimum Gasteiger partial charge on any atom is -0.398 e. The Labute approximate surface area is 116 Å². The highest BCUT2D eigenvalue weighted by Crippen LogP contribution is 2.23. The first kappa shape index (κ1) is 13.6. The van der Waals surface area contributed by atoms with Gasteiger partial charge in [0.15, 0.2) is 5.78 Å². The van der Waals surface area contributed by atoms with Gasteiger partial charge < -0.3 is 5.73 Å². The number of anilines is 1. The van der Waals surface area contributed by atoms with E-state index in [2.05, 4.69) is 0 Å². The molecule has 0 aliphatic heterocycles. The van der Waals surface area contributed by atoms with Gasteiger partial charge in [0, 0.05) is 11.1 Å². The van der Waals surface area contributed by atoms with Gasteiger partial charge in [-0.15, -0.1) is 0 Å². The fourth-order valence-electron chi connectivity index (χ4n) is 1.91. The summed E-state index contributed by atoms with van der Waals surface area (Å²) in [6, 6.07) is 7.79. The molecule has 0 aliphatic carbocycles. The summed E-state index contributed by atoms with van der Waals surface area (Å²) >= 11 is 5.90. The lowest BCUT2D eigenvalue weighted by Crippen LogP contribution is -2.04. The molecule has 2 aromatic rings. The van der Waals surface area contributed by atoms with Crippen LogP contribution in [0.4, 0.5) is 10.1 Å². The Morgan fingerprint density at radius 2 is 1.68 bits per heavy atom. The van der Waals surface area contributed by atoms with Crippen molar-refractivity contribution in [3.05, 3.63) is 63.4 Å². The molecular weight excluding hydrogens is 265 g/mol. The molecule has 2 N–H and O–H groups in total. The second kappa shape index (κ2) is 5.02. The van der Waals surface area contributed by atoms with Gasteiger partial charge >= 0.3 is 0 Å². The third-order valence-corrected chi connectivity index (χ3v) is 3.29. The topological polar surface area (TPSA) is 43.1 Å². The highest BCUT2D eigenvalue weighted by molar-refractivity contribution is 6.33. The summed E-state index contributed by atoms with van der Waals surface area (Å²) < 4.78 is 13.5. The number of hydrogen-bond acceptors (Lipinski definition) is 2. The fourth-order valence-corrected chi connectivity index (χ4v) is 2.09. The second-order valence-corrected chi connectivity index (χ2v) is 4.90. The zero-order chi connectivity index (χ0) is 14.2. The van der Waals surface area contributed by atoms with Crippen LogP contribution in [-0.2, 0) is 0 Å². The molecule has 0 radical (unpaired) electrons. The van der Waals surface area contributed by atoms with E-state index in [1.165, 1.54) is 18.2 Å². The molecule has 0 saturated heterocycles. The Bertz CT molecular complexity index is 644. The maximum atomic E-state index is 13.5. The Balaban J connectivity index is 2.47. The van der Waals surface area contributed by atoms with Gasteiger partial charge in [-0.3, -0.25) is 4.79 Å². The van der Waals surface area contributed by atoms with Crippen LogP contribution in [0.1, 0.15) is 27.0 Å². The number of ketones is 1. The van der Waals surface area contributed by atoms with Crippen LogP contribution in [0.25, 0.3) is 0 Å². The molecular formula is C15H13ClFNO. The van der Waals surface area contributed by atoms with E-state index in [1.54, 1.807) is 26.0 Å². The van der Waals surface area contributed by atoms with E-state index >= 15 is 0 Å². The van der Waals surface area contributed by atoms with Crippen molar-refractivity contribution in [2.75, 3.05) is 5.73 Å².